The van der Waals surface area contributed by atoms with Crippen molar-refractivity contribution < 1.29 is 5.11 Å². The van der Waals surface area contributed by atoms with E-state index in [4.69, 9.17) is 5.73 Å². The number of hydrogen-bond donors (Lipinski definition) is 2. The normalized spacial score (nSPS) is 19.9. The zero-order valence-corrected chi connectivity index (χ0v) is 9.06. The van der Waals surface area contributed by atoms with E-state index in [1.165, 1.54) is 5.56 Å². The van der Waals surface area contributed by atoms with Gasteiger partial charge in [0.25, 0.3) is 0 Å². The standard InChI is InChI=1S/C12H18N2O/c1-14-7-9(8-14)10-4-2-3-5-11(10)12(15)6-13/h2-5,9,12,15H,6-8,13H2,1H3. The highest BCUT2D eigenvalue weighted by Crippen LogP contribution is 2.30. The summed E-state index contributed by atoms with van der Waals surface area (Å²) in [6.45, 7) is 2.45. The molecule has 0 bridgehead atoms. The monoisotopic (exact) mass is 206 g/mol. The molecular formula is C12H18N2O. The Balaban J connectivity index is 2.22. The fourth-order valence-corrected chi connectivity index (χ4v) is 2.21. The Bertz CT molecular complexity index is 334. The number of aliphatic hydroxyl groups excluding tert-OH is 1. The quantitative estimate of drug-likeness (QED) is 0.765. The molecule has 0 saturated carbocycles. The molecule has 15 heavy (non-hydrogen) atoms. The van der Waals surface area contributed by atoms with Crippen LogP contribution in [0.25, 0.3) is 0 Å². The SMILES string of the molecule is CN1CC(c2ccccc2C(O)CN)C1. The fraction of sp³-hybridized carbons (Fsp3) is 0.500. The van der Waals surface area contributed by atoms with Crippen molar-refractivity contribution in [1.29, 1.82) is 0 Å². The average Bonchev–Trinajstić information content (AvgIpc) is 2.24. The molecular weight excluding hydrogens is 188 g/mol. The fourth-order valence-electron chi connectivity index (χ4n) is 2.21. The van der Waals surface area contributed by atoms with Crippen LogP contribution in [0.5, 0.6) is 0 Å². The van der Waals surface area contributed by atoms with Gasteiger partial charge in [-0.05, 0) is 18.2 Å². The van der Waals surface area contributed by atoms with Gasteiger partial charge in [0.2, 0.25) is 0 Å². The minimum Gasteiger partial charge on any atom is -0.387 e. The lowest BCUT2D eigenvalue weighted by Crippen LogP contribution is -2.42. The summed E-state index contributed by atoms with van der Waals surface area (Å²) in [5, 5.41) is 9.81. The Labute approximate surface area is 90.5 Å². The minimum atomic E-state index is -0.521. The third-order valence-electron chi connectivity index (χ3n) is 3.08. The van der Waals surface area contributed by atoms with Gasteiger partial charge in [0.05, 0.1) is 6.10 Å². The predicted molar refractivity (Wildman–Crippen MR) is 60.7 cm³/mol. The van der Waals surface area contributed by atoms with E-state index in [1.807, 2.05) is 18.2 Å². The van der Waals surface area contributed by atoms with Crippen molar-refractivity contribution in [3.63, 3.8) is 0 Å². The number of hydrogen-bond acceptors (Lipinski definition) is 3. The van der Waals surface area contributed by atoms with Gasteiger partial charge < -0.3 is 15.7 Å². The van der Waals surface area contributed by atoms with Crippen LogP contribution in [0, 0.1) is 0 Å². The summed E-state index contributed by atoms with van der Waals surface area (Å²) in [6.07, 6.45) is -0.521. The maximum absolute atomic E-state index is 9.81. The molecule has 1 saturated heterocycles. The summed E-state index contributed by atoms with van der Waals surface area (Å²) in [5.74, 6) is 0.562. The summed E-state index contributed by atoms with van der Waals surface area (Å²) in [7, 11) is 2.11. The molecule has 1 aliphatic heterocycles. The number of likely N-dealkylation sites (tertiary alicyclic amines) is 1. The van der Waals surface area contributed by atoms with Crippen LogP contribution in [-0.2, 0) is 0 Å². The molecule has 1 aromatic carbocycles. The number of likely N-dealkylation sites (N-methyl/N-ethyl adjacent to an activating group) is 1. The van der Waals surface area contributed by atoms with Crippen LogP contribution < -0.4 is 5.73 Å². The third-order valence-corrected chi connectivity index (χ3v) is 3.08. The van der Waals surface area contributed by atoms with Crippen molar-refractivity contribution in [3.05, 3.63) is 35.4 Å². The summed E-state index contributed by atoms with van der Waals surface area (Å²) >= 11 is 0. The topological polar surface area (TPSA) is 49.5 Å². The van der Waals surface area contributed by atoms with E-state index >= 15 is 0 Å². The molecule has 1 aromatic rings. The maximum Gasteiger partial charge on any atom is 0.0915 e. The van der Waals surface area contributed by atoms with Gasteiger partial charge >= 0.3 is 0 Å². The van der Waals surface area contributed by atoms with E-state index in [9.17, 15) is 5.11 Å². The van der Waals surface area contributed by atoms with Crippen molar-refractivity contribution in [2.45, 2.75) is 12.0 Å². The van der Waals surface area contributed by atoms with Gasteiger partial charge in [-0.3, -0.25) is 0 Å². The summed E-state index contributed by atoms with van der Waals surface area (Å²) in [5.41, 5.74) is 7.76. The lowest BCUT2D eigenvalue weighted by Gasteiger charge is -2.38. The van der Waals surface area contributed by atoms with Crippen molar-refractivity contribution in [3.8, 4) is 0 Å². The molecule has 3 nitrogen and oxygen atoms in total. The number of nitrogens with two attached hydrogens (primary N) is 1. The molecule has 0 aromatic heterocycles. The number of benzene rings is 1. The first-order valence-corrected chi connectivity index (χ1v) is 5.38. The highest BCUT2D eigenvalue weighted by atomic mass is 16.3. The van der Waals surface area contributed by atoms with Crippen molar-refractivity contribution >= 4 is 0 Å². The Morgan fingerprint density at radius 1 is 1.47 bits per heavy atom. The first kappa shape index (κ1) is 10.6. The lowest BCUT2D eigenvalue weighted by molar-refractivity contribution is 0.169. The van der Waals surface area contributed by atoms with Crippen molar-refractivity contribution in [1.82, 2.24) is 4.90 Å². The molecule has 1 fully saturated rings. The molecule has 0 aliphatic carbocycles. The van der Waals surface area contributed by atoms with Crippen LogP contribution in [0.2, 0.25) is 0 Å². The van der Waals surface area contributed by atoms with Crippen LogP contribution in [0.15, 0.2) is 24.3 Å². The second-order valence-electron chi connectivity index (χ2n) is 4.30. The van der Waals surface area contributed by atoms with Gasteiger partial charge in [-0.2, -0.15) is 0 Å². The van der Waals surface area contributed by atoms with Gasteiger partial charge in [0.1, 0.15) is 0 Å². The highest BCUT2D eigenvalue weighted by molar-refractivity contribution is 5.34. The van der Waals surface area contributed by atoms with E-state index < -0.39 is 6.10 Å². The van der Waals surface area contributed by atoms with Crippen molar-refractivity contribution in [2.75, 3.05) is 26.7 Å². The Morgan fingerprint density at radius 2 is 2.13 bits per heavy atom. The lowest BCUT2D eigenvalue weighted by atomic mass is 9.87. The van der Waals surface area contributed by atoms with Gasteiger partial charge in [0, 0.05) is 25.6 Å². The molecule has 3 N–H and O–H groups in total. The molecule has 0 amide bonds. The van der Waals surface area contributed by atoms with E-state index in [0.717, 1.165) is 18.7 Å². The van der Waals surface area contributed by atoms with E-state index in [-0.39, 0.29) is 0 Å². The molecule has 1 unspecified atom stereocenters. The predicted octanol–water partition coefficient (Wildman–Crippen LogP) is 0.708. The zero-order valence-electron chi connectivity index (χ0n) is 9.06. The summed E-state index contributed by atoms with van der Waals surface area (Å²) in [4.78, 5) is 2.27. The largest absolute Gasteiger partial charge is 0.387 e. The van der Waals surface area contributed by atoms with Gasteiger partial charge in [-0.1, -0.05) is 24.3 Å². The number of nitrogens with zero attached hydrogens (tertiary/aromatic N) is 1. The molecule has 1 heterocycles. The van der Waals surface area contributed by atoms with Crippen LogP contribution in [-0.4, -0.2) is 36.7 Å². The van der Waals surface area contributed by atoms with Crippen LogP contribution >= 0.6 is 0 Å². The van der Waals surface area contributed by atoms with Crippen LogP contribution in [0.1, 0.15) is 23.1 Å². The zero-order chi connectivity index (χ0) is 10.8. The average molecular weight is 206 g/mol. The first-order valence-electron chi connectivity index (χ1n) is 5.38. The van der Waals surface area contributed by atoms with Crippen molar-refractivity contribution in [2.24, 2.45) is 5.73 Å². The van der Waals surface area contributed by atoms with E-state index in [2.05, 4.69) is 18.0 Å². The molecule has 82 valence electrons. The van der Waals surface area contributed by atoms with Crippen LogP contribution in [0.3, 0.4) is 0 Å². The second kappa shape index (κ2) is 4.31. The Hall–Kier alpha value is -0.900. The third kappa shape index (κ3) is 2.04. The number of rotatable bonds is 3. The molecule has 3 heteroatoms. The molecule has 0 radical (unpaired) electrons. The Kier molecular flexibility index (Phi) is 3.05. The van der Waals surface area contributed by atoms with E-state index in [0.29, 0.717) is 12.5 Å². The molecule has 2 rings (SSSR count). The first-order chi connectivity index (χ1) is 7.22. The minimum absolute atomic E-state index is 0.291. The van der Waals surface area contributed by atoms with E-state index in [1.54, 1.807) is 0 Å². The summed E-state index contributed by atoms with van der Waals surface area (Å²) < 4.78 is 0. The van der Waals surface area contributed by atoms with Gasteiger partial charge in [-0.25, -0.2) is 0 Å². The Morgan fingerprint density at radius 3 is 2.73 bits per heavy atom. The molecule has 1 atom stereocenters. The van der Waals surface area contributed by atoms with Gasteiger partial charge in [0.15, 0.2) is 0 Å². The smallest absolute Gasteiger partial charge is 0.0915 e. The molecule has 0 spiro atoms. The second-order valence-corrected chi connectivity index (χ2v) is 4.30. The van der Waals surface area contributed by atoms with Gasteiger partial charge in [-0.15, -0.1) is 0 Å². The van der Waals surface area contributed by atoms with Crippen LogP contribution in [0.4, 0.5) is 0 Å². The molecule has 1 aliphatic rings. The number of aliphatic hydroxyl groups is 1. The summed E-state index contributed by atoms with van der Waals surface area (Å²) in [6, 6.07) is 8.07. The maximum atomic E-state index is 9.81. The highest BCUT2D eigenvalue weighted by Gasteiger charge is 2.27.